The van der Waals surface area contributed by atoms with Crippen molar-refractivity contribution in [2.45, 2.75) is 103 Å². The Hall–Kier alpha value is -0.913. The summed E-state index contributed by atoms with van der Waals surface area (Å²) in [7, 11) is -1.91. The third-order valence-electron chi connectivity index (χ3n) is 7.93. The highest BCUT2D eigenvalue weighted by Gasteiger charge is 2.42. The van der Waals surface area contributed by atoms with Crippen molar-refractivity contribution in [2.24, 2.45) is 23.7 Å². The van der Waals surface area contributed by atoms with Gasteiger partial charge in [0.1, 0.15) is 6.10 Å². The first-order valence-electron chi connectivity index (χ1n) is 11.8. The van der Waals surface area contributed by atoms with Crippen LogP contribution in [0.5, 0.6) is 0 Å². The fourth-order valence-corrected chi connectivity index (χ4v) is 6.58. The molecule has 0 saturated carbocycles. The van der Waals surface area contributed by atoms with Gasteiger partial charge >= 0.3 is 5.97 Å². The number of fused-ring (bicyclic) bond motifs is 1. The summed E-state index contributed by atoms with van der Waals surface area (Å²) in [4.78, 5) is 12.3. The van der Waals surface area contributed by atoms with Gasteiger partial charge in [-0.05, 0) is 60.7 Å². The maximum absolute atomic E-state index is 12.3. The fourth-order valence-electron chi connectivity index (χ4n) is 5.21. The summed E-state index contributed by atoms with van der Waals surface area (Å²) in [5, 5.41) is 10.9. The van der Waals surface area contributed by atoms with E-state index in [1.807, 2.05) is 0 Å². The predicted octanol–water partition coefficient (Wildman–Crippen LogP) is 5.63. The van der Waals surface area contributed by atoms with Crippen LogP contribution < -0.4 is 0 Å². The van der Waals surface area contributed by atoms with Crippen LogP contribution in [0.2, 0.25) is 18.1 Å². The number of cyclic esters (lactones) is 1. The largest absolute Gasteiger partial charge is 0.462 e. The third kappa shape index (κ3) is 5.28. The molecule has 30 heavy (non-hydrogen) atoms. The van der Waals surface area contributed by atoms with Crippen molar-refractivity contribution < 1.29 is 19.1 Å². The lowest BCUT2D eigenvalue weighted by atomic mass is 9.65. The summed E-state index contributed by atoms with van der Waals surface area (Å²) in [6.45, 7) is 15.6. The summed E-state index contributed by atoms with van der Waals surface area (Å²) in [6, 6.07) is 0. The van der Waals surface area contributed by atoms with Gasteiger partial charge in [0.05, 0.1) is 18.6 Å². The second-order valence-electron chi connectivity index (χ2n) is 11.5. The first kappa shape index (κ1) is 23.7. The van der Waals surface area contributed by atoms with Gasteiger partial charge in [0.15, 0.2) is 8.32 Å². The molecule has 2 aliphatic carbocycles. The van der Waals surface area contributed by atoms with Gasteiger partial charge in [-0.15, -0.1) is 0 Å². The summed E-state index contributed by atoms with van der Waals surface area (Å²) in [6.07, 6.45) is 10.3. The van der Waals surface area contributed by atoms with Gasteiger partial charge < -0.3 is 14.3 Å². The number of hydrogen-bond donors (Lipinski definition) is 1. The van der Waals surface area contributed by atoms with Gasteiger partial charge in [-0.3, -0.25) is 4.79 Å². The van der Waals surface area contributed by atoms with E-state index in [9.17, 15) is 9.90 Å². The zero-order chi connectivity index (χ0) is 22.3. The van der Waals surface area contributed by atoms with E-state index < -0.39 is 8.32 Å². The Morgan fingerprint density at radius 1 is 1.20 bits per heavy atom. The first-order valence-corrected chi connectivity index (χ1v) is 14.7. The molecule has 0 spiro atoms. The normalized spacial score (nSPS) is 37.4. The molecule has 0 radical (unpaired) electrons. The minimum absolute atomic E-state index is 0.0302. The fraction of sp³-hybridized carbons (Fsp3) is 0.800. The monoisotopic (exact) mass is 434 g/mol. The molecule has 0 aromatic heterocycles. The maximum atomic E-state index is 12.3. The van der Waals surface area contributed by atoms with E-state index >= 15 is 0 Å². The summed E-state index contributed by atoms with van der Waals surface area (Å²) in [5.74, 6) is 1.33. The number of rotatable bonds is 5. The SMILES string of the molecule is C[C@@H]1C=C2C=C[C@H](C)[C@H](CC[C@H]3C[C@@H](O[Si](C)(C)C(C)(C)C)CC(=O)O3)C2[C@@H](O)C1. The molecule has 1 fully saturated rings. The lowest BCUT2D eigenvalue weighted by Gasteiger charge is -2.43. The van der Waals surface area contributed by atoms with E-state index in [0.717, 1.165) is 25.7 Å². The Kier molecular flexibility index (Phi) is 7.05. The highest BCUT2D eigenvalue weighted by atomic mass is 28.4. The molecule has 1 saturated heterocycles. The quantitative estimate of drug-likeness (QED) is 0.450. The Morgan fingerprint density at radius 3 is 2.57 bits per heavy atom. The molecule has 3 rings (SSSR count). The van der Waals surface area contributed by atoms with E-state index in [2.05, 4.69) is 65.9 Å². The number of aliphatic hydroxyl groups is 1. The molecule has 1 N–H and O–H groups in total. The van der Waals surface area contributed by atoms with Gasteiger partial charge in [0, 0.05) is 12.3 Å². The van der Waals surface area contributed by atoms with Crippen molar-refractivity contribution in [2.75, 3.05) is 0 Å². The lowest BCUT2D eigenvalue weighted by molar-refractivity contribution is -0.160. The molecule has 4 nitrogen and oxygen atoms in total. The maximum Gasteiger partial charge on any atom is 0.308 e. The van der Waals surface area contributed by atoms with Crippen LogP contribution in [0.1, 0.15) is 66.7 Å². The molecule has 5 heteroatoms. The van der Waals surface area contributed by atoms with Gasteiger partial charge in [-0.25, -0.2) is 0 Å². The molecule has 0 aromatic carbocycles. The minimum Gasteiger partial charge on any atom is -0.462 e. The van der Waals surface area contributed by atoms with Crippen LogP contribution in [0.15, 0.2) is 23.8 Å². The van der Waals surface area contributed by atoms with Crippen LogP contribution in [-0.4, -0.2) is 37.7 Å². The van der Waals surface area contributed by atoms with E-state index in [1.54, 1.807) is 0 Å². The van der Waals surface area contributed by atoms with Gasteiger partial charge in [-0.2, -0.15) is 0 Å². The predicted molar refractivity (Wildman–Crippen MR) is 124 cm³/mol. The number of aliphatic hydroxyl groups excluding tert-OH is 1. The van der Waals surface area contributed by atoms with Crippen LogP contribution in [0.3, 0.4) is 0 Å². The molecule has 3 aliphatic rings. The van der Waals surface area contributed by atoms with Crippen molar-refractivity contribution in [3.63, 3.8) is 0 Å². The Bertz CT molecular complexity index is 690. The average Bonchev–Trinajstić information content (AvgIpc) is 2.59. The van der Waals surface area contributed by atoms with E-state index in [1.165, 1.54) is 5.57 Å². The molecular formula is C25H42O4Si. The highest BCUT2D eigenvalue weighted by Crippen LogP contribution is 2.44. The highest BCUT2D eigenvalue weighted by molar-refractivity contribution is 6.74. The van der Waals surface area contributed by atoms with Crippen LogP contribution in [0.25, 0.3) is 0 Å². The second kappa shape index (κ2) is 8.91. The number of carbonyl (C=O) groups is 1. The third-order valence-corrected chi connectivity index (χ3v) is 12.5. The standard InChI is InChI=1S/C25H42O4Si/c1-16-12-18-9-8-17(2)21(24(18)22(26)13-16)11-10-19-14-20(15-23(27)28-19)29-30(6,7)25(3,4)5/h8-9,12,16-17,19-22,24,26H,10-11,13-15H2,1-7H3/t16-,17+,19+,20-,21+,22+,24?/m1/s1. The van der Waals surface area contributed by atoms with Gasteiger partial charge in [0.2, 0.25) is 0 Å². The zero-order valence-electron chi connectivity index (χ0n) is 20.0. The Labute approximate surface area is 184 Å². The molecule has 1 aliphatic heterocycles. The van der Waals surface area contributed by atoms with Crippen LogP contribution >= 0.6 is 0 Å². The van der Waals surface area contributed by atoms with E-state index in [0.29, 0.717) is 24.2 Å². The summed E-state index contributed by atoms with van der Waals surface area (Å²) >= 11 is 0. The molecule has 7 atom stereocenters. The second-order valence-corrected chi connectivity index (χ2v) is 16.2. The van der Waals surface area contributed by atoms with Gasteiger partial charge in [0.25, 0.3) is 0 Å². The Balaban J connectivity index is 1.64. The number of hydrogen-bond acceptors (Lipinski definition) is 4. The summed E-state index contributed by atoms with van der Waals surface area (Å²) < 4.78 is 12.3. The van der Waals surface area contributed by atoms with Crippen molar-refractivity contribution >= 4 is 14.3 Å². The number of ether oxygens (including phenoxy) is 1. The zero-order valence-corrected chi connectivity index (χ0v) is 21.0. The van der Waals surface area contributed by atoms with Crippen molar-refractivity contribution in [1.29, 1.82) is 0 Å². The van der Waals surface area contributed by atoms with Gasteiger partial charge in [-0.1, -0.05) is 52.8 Å². The van der Waals surface area contributed by atoms with Crippen LogP contribution in [-0.2, 0) is 14.0 Å². The summed E-state index contributed by atoms with van der Waals surface area (Å²) in [5.41, 5.74) is 1.30. The van der Waals surface area contributed by atoms with E-state index in [-0.39, 0.29) is 35.2 Å². The molecular weight excluding hydrogens is 392 g/mol. The Morgan fingerprint density at radius 2 is 1.90 bits per heavy atom. The topological polar surface area (TPSA) is 55.8 Å². The van der Waals surface area contributed by atoms with Crippen molar-refractivity contribution in [3.05, 3.63) is 23.8 Å². The number of carbonyl (C=O) groups excluding carboxylic acids is 1. The minimum atomic E-state index is -1.91. The average molecular weight is 435 g/mol. The van der Waals surface area contributed by atoms with Crippen LogP contribution in [0.4, 0.5) is 0 Å². The first-order chi connectivity index (χ1) is 13.9. The van der Waals surface area contributed by atoms with Crippen molar-refractivity contribution in [3.8, 4) is 0 Å². The molecule has 1 unspecified atom stereocenters. The lowest BCUT2D eigenvalue weighted by Crippen LogP contribution is -2.47. The number of allylic oxidation sites excluding steroid dienone is 3. The molecule has 0 aromatic rings. The molecule has 0 bridgehead atoms. The van der Waals surface area contributed by atoms with E-state index in [4.69, 9.17) is 9.16 Å². The molecule has 0 amide bonds. The van der Waals surface area contributed by atoms with Crippen molar-refractivity contribution in [1.82, 2.24) is 0 Å². The smallest absolute Gasteiger partial charge is 0.308 e. The van der Waals surface area contributed by atoms with Crippen LogP contribution in [0, 0.1) is 23.7 Å². The molecule has 170 valence electrons. The number of esters is 1. The molecule has 1 heterocycles.